The Morgan fingerprint density at radius 2 is 1.85 bits per heavy atom. The van der Waals surface area contributed by atoms with Crippen LogP contribution in [0.1, 0.15) is 17.4 Å². The van der Waals surface area contributed by atoms with Crippen molar-refractivity contribution >= 4 is 17.3 Å². The van der Waals surface area contributed by atoms with E-state index in [-0.39, 0.29) is 5.91 Å². The van der Waals surface area contributed by atoms with Crippen LogP contribution in [0.2, 0.25) is 0 Å². The number of nitrogens with zero attached hydrogens (tertiary/aromatic N) is 3. The summed E-state index contributed by atoms with van der Waals surface area (Å²) in [5.74, 6) is 0.0701. The molecule has 2 heterocycles. The van der Waals surface area contributed by atoms with Crippen LogP contribution in [0.4, 0.5) is 11.4 Å². The maximum atomic E-state index is 12.7. The molecule has 0 saturated carbocycles. The Bertz CT molecular complexity index is 632. The van der Waals surface area contributed by atoms with E-state index in [4.69, 9.17) is 0 Å². The number of aromatic nitrogens is 1. The van der Waals surface area contributed by atoms with E-state index in [9.17, 15) is 4.79 Å². The number of aryl methyl sites for hydroxylation is 1. The summed E-state index contributed by atoms with van der Waals surface area (Å²) in [5.41, 5.74) is 2.88. The molecule has 4 heteroatoms. The molecule has 1 aromatic heterocycles. The molecule has 0 saturated heterocycles. The SMILES string of the molecule is CCN1CCN(C(=O)c2cccn2C)c2ccccc21. The van der Waals surface area contributed by atoms with Crippen LogP contribution in [0.25, 0.3) is 0 Å². The summed E-state index contributed by atoms with van der Waals surface area (Å²) in [7, 11) is 1.90. The van der Waals surface area contributed by atoms with Gasteiger partial charge in [-0.1, -0.05) is 12.1 Å². The van der Waals surface area contributed by atoms with Crippen molar-refractivity contribution in [1.29, 1.82) is 0 Å². The Balaban J connectivity index is 2.00. The van der Waals surface area contributed by atoms with Crippen LogP contribution in [-0.2, 0) is 7.05 Å². The standard InChI is InChI=1S/C16H19N3O/c1-3-18-11-12-19(14-8-5-4-7-13(14)18)16(20)15-9-6-10-17(15)2/h4-10H,3,11-12H2,1-2H3. The number of carbonyl (C=O) groups is 1. The predicted molar refractivity (Wildman–Crippen MR) is 81.4 cm³/mol. The fourth-order valence-corrected chi connectivity index (χ4v) is 2.78. The second-order valence-corrected chi connectivity index (χ2v) is 5.03. The molecule has 0 unspecified atom stereocenters. The summed E-state index contributed by atoms with van der Waals surface area (Å²) >= 11 is 0. The quantitative estimate of drug-likeness (QED) is 0.838. The monoisotopic (exact) mass is 269 g/mol. The second kappa shape index (κ2) is 5.04. The molecular weight excluding hydrogens is 250 g/mol. The van der Waals surface area contributed by atoms with Gasteiger partial charge in [0.15, 0.2) is 0 Å². The molecule has 1 aliphatic heterocycles. The van der Waals surface area contributed by atoms with Crippen molar-refractivity contribution in [3.8, 4) is 0 Å². The van der Waals surface area contributed by atoms with Gasteiger partial charge in [-0.2, -0.15) is 0 Å². The van der Waals surface area contributed by atoms with Crippen molar-refractivity contribution in [2.24, 2.45) is 7.05 Å². The Hall–Kier alpha value is -2.23. The summed E-state index contributed by atoms with van der Waals surface area (Å²) in [5, 5.41) is 0. The first-order valence-corrected chi connectivity index (χ1v) is 6.99. The van der Waals surface area contributed by atoms with E-state index in [1.54, 1.807) is 0 Å². The van der Waals surface area contributed by atoms with Crippen molar-refractivity contribution in [2.75, 3.05) is 29.4 Å². The normalized spacial score (nSPS) is 14.3. The molecular formula is C16H19N3O. The van der Waals surface area contributed by atoms with Gasteiger partial charge in [0.05, 0.1) is 11.4 Å². The van der Waals surface area contributed by atoms with Gasteiger partial charge in [0.1, 0.15) is 5.69 Å². The molecule has 1 aromatic carbocycles. The van der Waals surface area contributed by atoms with E-state index in [0.717, 1.165) is 36.7 Å². The number of para-hydroxylation sites is 2. The van der Waals surface area contributed by atoms with Gasteiger partial charge in [-0.25, -0.2) is 0 Å². The third-order valence-corrected chi connectivity index (χ3v) is 3.90. The van der Waals surface area contributed by atoms with Gasteiger partial charge in [0.2, 0.25) is 0 Å². The minimum absolute atomic E-state index is 0.0701. The van der Waals surface area contributed by atoms with Gasteiger partial charge in [-0.15, -0.1) is 0 Å². The molecule has 0 radical (unpaired) electrons. The summed E-state index contributed by atoms with van der Waals surface area (Å²) in [4.78, 5) is 16.9. The molecule has 2 aromatic rings. The average molecular weight is 269 g/mol. The third kappa shape index (κ3) is 1.97. The minimum atomic E-state index is 0.0701. The number of rotatable bonds is 2. The van der Waals surface area contributed by atoms with Crippen molar-refractivity contribution in [2.45, 2.75) is 6.92 Å². The van der Waals surface area contributed by atoms with Crippen LogP contribution >= 0.6 is 0 Å². The second-order valence-electron chi connectivity index (χ2n) is 5.03. The van der Waals surface area contributed by atoms with Crippen molar-refractivity contribution in [1.82, 2.24) is 4.57 Å². The van der Waals surface area contributed by atoms with E-state index in [2.05, 4.69) is 17.9 Å². The zero-order chi connectivity index (χ0) is 14.1. The fraction of sp³-hybridized carbons (Fsp3) is 0.312. The number of carbonyl (C=O) groups excluding carboxylic acids is 1. The van der Waals surface area contributed by atoms with Crippen LogP contribution in [0.15, 0.2) is 42.6 Å². The van der Waals surface area contributed by atoms with E-state index in [0.29, 0.717) is 0 Å². The molecule has 0 spiro atoms. The Kier molecular flexibility index (Phi) is 3.22. The number of anilines is 2. The smallest absolute Gasteiger partial charge is 0.275 e. The maximum Gasteiger partial charge on any atom is 0.275 e. The van der Waals surface area contributed by atoms with Crippen LogP contribution in [0.3, 0.4) is 0 Å². The lowest BCUT2D eigenvalue weighted by Gasteiger charge is -2.37. The molecule has 0 atom stereocenters. The third-order valence-electron chi connectivity index (χ3n) is 3.90. The number of hydrogen-bond acceptors (Lipinski definition) is 2. The molecule has 1 amide bonds. The Labute approximate surface area is 119 Å². The van der Waals surface area contributed by atoms with Gasteiger partial charge in [-0.05, 0) is 31.2 Å². The van der Waals surface area contributed by atoms with Crippen LogP contribution in [0, 0.1) is 0 Å². The number of hydrogen-bond donors (Lipinski definition) is 0. The van der Waals surface area contributed by atoms with Crippen LogP contribution in [0.5, 0.6) is 0 Å². The number of fused-ring (bicyclic) bond motifs is 1. The van der Waals surface area contributed by atoms with Gasteiger partial charge < -0.3 is 14.4 Å². The first-order valence-electron chi connectivity index (χ1n) is 6.99. The zero-order valence-electron chi connectivity index (χ0n) is 11.9. The topological polar surface area (TPSA) is 28.5 Å². The molecule has 3 rings (SSSR count). The van der Waals surface area contributed by atoms with Gasteiger partial charge >= 0.3 is 0 Å². The number of amides is 1. The van der Waals surface area contributed by atoms with Crippen molar-refractivity contribution in [3.05, 3.63) is 48.3 Å². The van der Waals surface area contributed by atoms with Gasteiger partial charge in [-0.3, -0.25) is 4.79 Å². The molecule has 0 N–H and O–H groups in total. The average Bonchev–Trinajstić information content (AvgIpc) is 2.91. The van der Waals surface area contributed by atoms with Crippen molar-refractivity contribution < 1.29 is 4.79 Å². The lowest BCUT2D eigenvalue weighted by Crippen LogP contribution is -2.44. The maximum absolute atomic E-state index is 12.7. The lowest BCUT2D eigenvalue weighted by molar-refractivity contribution is 0.0979. The number of benzene rings is 1. The highest BCUT2D eigenvalue weighted by Crippen LogP contribution is 2.33. The van der Waals surface area contributed by atoms with Crippen LogP contribution in [-0.4, -0.2) is 30.1 Å². The first-order chi connectivity index (χ1) is 9.72. The summed E-state index contributed by atoms with van der Waals surface area (Å²) in [6.45, 7) is 4.72. The molecule has 1 aliphatic rings. The largest absolute Gasteiger partial charge is 0.368 e. The fourth-order valence-electron chi connectivity index (χ4n) is 2.78. The highest BCUT2D eigenvalue weighted by Gasteiger charge is 2.27. The van der Waals surface area contributed by atoms with Gasteiger partial charge in [0.25, 0.3) is 5.91 Å². The summed E-state index contributed by atoms with van der Waals surface area (Å²) in [6.07, 6.45) is 1.90. The molecule has 104 valence electrons. The minimum Gasteiger partial charge on any atom is -0.368 e. The Morgan fingerprint density at radius 1 is 1.10 bits per heavy atom. The summed E-state index contributed by atoms with van der Waals surface area (Å²) in [6, 6.07) is 11.9. The highest BCUT2D eigenvalue weighted by molar-refractivity contribution is 6.07. The van der Waals surface area contributed by atoms with E-state index in [1.165, 1.54) is 0 Å². The Morgan fingerprint density at radius 3 is 2.50 bits per heavy atom. The van der Waals surface area contributed by atoms with E-state index >= 15 is 0 Å². The predicted octanol–water partition coefficient (Wildman–Crippen LogP) is 2.51. The van der Waals surface area contributed by atoms with Gasteiger partial charge in [0, 0.05) is 32.9 Å². The number of likely N-dealkylation sites (N-methyl/N-ethyl adjacent to an activating group) is 1. The zero-order valence-corrected chi connectivity index (χ0v) is 11.9. The highest BCUT2D eigenvalue weighted by atomic mass is 16.2. The van der Waals surface area contributed by atoms with E-state index < -0.39 is 0 Å². The first kappa shape index (κ1) is 12.8. The molecule has 0 aliphatic carbocycles. The van der Waals surface area contributed by atoms with Crippen LogP contribution < -0.4 is 9.80 Å². The van der Waals surface area contributed by atoms with Crippen molar-refractivity contribution in [3.63, 3.8) is 0 Å². The lowest BCUT2D eigenvalue weighted by atomic mass is 10.1. The molecule has 4 nitrogen and oxygen atoms in total. The summed E-state index contributed by atoms with van der Waals surface area (Å²) < 4.78 is 1.87. The molecule has 0 bridgehead atoms. The van der Waals surface area contributed by atoms with E-state index in [1.807, 2.05) is 53.0 Å². The molecule has 0 fully saturated rings. The molecule has 20 heavy (non-hydrogen) atoms.